The molecule has 0 saturated carbocycles. The van der Waals surface area contributed by atoms with Crippen molar-refractivity contribution in [2.24, 2.45) is 0 Å². The first-order valence-corrected chi connectivity index (χ1v) is 6.05. The molecule has 3 N–H and O–H groups in total. The Balaban J connectivity index is 3.81. The molecule has 0 radical (unpaired) electrons. The average Bonchev–Trinajstić information content (AvgIpc) is 2.12. The van der Waals surface area contributed by atoms with E-state index in [0.29, 0.717) is 6.42 Å². The molecule has 5 heteroatoms. The first-order chi connectivity index (χ1) is 7.74. The standard InChI is InChI=1S/C12H25N3O2/c1-6-13-9(2)7-10(16)14-8-11(17)15-12(3,4)5/h9,13H,6-8H2,1-5H3,(H,14,16)(H,15,17). The van der Waals surface area contributed by atoms with Crippen molar-refractivity contribution in [3.05, 3.63) is 0 Å². The second-order valence-electron chi connectivity index (χ2n) is 5.24. The molecule has 0 aliphatic rings. The van der Waals surface area contributed by atoms with E-state index in [0.717, 1.165) is 6.54 Å². The van der Waals surface area contributed by atoms with Crippen LogP contribution in [0.4, 0.5) is 0 Å². The minimum atomic E-state index is -0.265. The fourth-order valence-electron chi connectivity index (χ4n) is 1.41. The van der Waals surface area contributed by atoms with Crippen LogP contribution < -0.4 is 16.0 Å². The molecule has 5 nitrogen and oxygen atoms in total. The van der Waals surface area contributed by atoms with Gasteiger partial charge in [-0.1, -0.05) is 6.92 Å². The molecule has 0 aromatic heterocycles. The van der Waals surface area contributed by atoms with Gasteiger partial charge < -0.3 is 16.0 Å². The predicted molar refractivity (Wildman–Crippen MR) is 68.7 cm³/mol. The van der Waals surface area contributed by atoms with Crippen LogP contribution in [0, 0.1) is 0 Å². The first kappa shape index (κ1) is 15.9. The van der Waals surface area contributed by atoms with Crippen molar-refractivity contribution in [2.45, 2.75) is 52.6 Å². The first-order valence-electron chi connectivity index (χ1n) is 6.05. The molecule has 100 valence electrons. The Labute approximate surface area is 104 Å². The van der Waals surface area contributed by atoms with Gasteiger partial charge in [0.15, 0.2) is 0 Å². The molecule has 0 heterocycles. The molecule has 2 amide bonds. The number of carbonyl (C=O) groups excluding carboxylic acids is 2. The van der Waals surface area contributed by atoms with Crippen LogP contribution in [0.15, 0.2) is 0 Å². The Morgan fingerprint density at radius 1 is 1.18 bits per heavy atom. The number of nitrogens with one attached hydrogen (secondary N) is 3. The second-order valence-corrected chi connectivity index (χ2v) is 5.24. The molecule has 0 rings (SSSR count). The quantitative estimate of drug-likeness (QED) is 0.632. The second kappa shape index (κ2) is 7.27. The minimum absolute atomic E-state index is 0.0367. The van der Waals surface area contributed by atoms with Crippen molar-refractivity contribution in [1.82, 2.24) is 16.0 Å². The average molecular weight is 243 g/mol. The maximum absolute atomic E-state index is 11.5. The number of hydrogen-bond acceptors (Lipinski definition) is 3. The van der Waals surface area contributed by atoms with Crippen molar-refractivity contribution in [3.63, 3.8) is 0 Å². The van der Waals surface area contributed by atoms with Crippen LogP contribution >= 0.6 is 0 Å². The number of amides is 2. The van der Waals surface area contributed by atoms with Crippen LogP contribution in [0.3, 0.4) is 0 Å². The fourth-order valence-corrected chi connectivity index (χ4v) is 1.41. The largest absolute Gasteiger partial charge is 0.350 e. The van der Waals surface area contributed by atoms with Crippen LogP contribution in [0.2, 0.25) is 0 Å². The van der Waals surface area contributed by atoms with Crippen LogP contribution in [0.5, 0.6) is 0 Å². The van der Waals surface area contributed by atoms with E-state index in [9.17, 15) is 9.59 Å². The zero-order chi connectivity index (χ0) is 13.5. The highest BCUT2D eigenvalue weighted by atomic mass is 16.2. The van der Waals surface area contributed by atoms with Crippen molar-refractivity contribution in [2.75, 3.05) is 13.1 Å². The lowest BCUT2D eigenvalue weighted by molar-refractivity contribution is -0.127. The Morgan fingerprint density at radius 3 is 2.24 bits per heavy atom. The summed E-state index contributed by atoms with van der Waals surface area (Å²) < 4.78 is 0. The number of rotatable bonds is 6. The van der Waals surface area contributed by atoms with Gasteiger partial charge in [-0.25, -0.2) is 0 Å². The highest BCUT2D eigenvalue weighted by Crippen LogP contribution is 1.97. The smallest absolute Gasteiger partial charge is 0.239 e. The summed E-state index contributed by atoms with van der Waals surface area (Å²) in [5, 5.41) is 8.53. The number of carbonyl (C=O) groups is 2. The van der Waals surface area contributed by atoms with Gasteiger partial charge in [-0.05, 0) is 34.2 Å². The van der Waals surface area contributed by atoms with Gasteiger partial charge in [-0.15, -0.1) is 0 Å². The minimum Gasteiger partial charge on any atom is -0.350 e. The Kier molecular flexibility index (Phi) is 6.80. The van der Waals surface area contributed by atoms with Crippen molar-refractivity contribution in [3.8, 4) is 0 Å². The van der Waals surface area contributed by atoms with E-state index in [-0.39, 0.29) is 29.9 Å². The molecule has 0 fully saturated rings. The van der Waals surface area contributed by atoms with Gasteiger partial charge in [0, 0.05) is 18.0 Å². The summed E-state index contributed by atoms with van der Waals surface area (Å²) in [5.41, 5.74) is -0.265. The Morgan fingerprint density at radius 2 is 1.76 bits per heavy atom. The maximum Gasteiger partial charge on any atom is 0.239 e. The lowest BCUT2D eigenvalue weighted by atomic mass is 10.1. The van der Waals surface area contributed by atoms with Crippen LogP contribution in [-0.2, 0) is 9.59 Å². The van der Waals surface area contributed by atoms with Crippen molar-refractivity contribution >= 4 is 11.8 Å². The SMILES string of the molecule is CCNC(C)CC(=O)NCC(=O)NC(C)(C)C. The summed E-state index contributed by atoms with van der Waals surface area (Å²) >= 11 is 0. The van der Waals surface area contributed by atoms with E-state index in [4.69, 9.17) is 0 Å². The van der Waals surface area contributed by atoms with E-state index in [1.165, 1.54) is 0 Å². The molecule has 0 bridgehead atoms. The molecule has 17 heavy (non-hydrogen) atoms. The topological polar surface area (TPSA) is 70.2 Å². The monoisotopic (exact) mass is 243 g/mol. The van der Waals surface area contributed by atoms with Gasteiger partial charge >= 0.3 is 0 Å². The highest BCUT2D eigenvalue weighted by Gasteiger charge is 2.14. The summed E-state index contributed by atoms with van der Waals surface area (Å²) in [6, 6.07) is 0.130. The lowest BCUT2D eigenvalue weighted by Crippen LogP contribution is -2.46. The third kappa shape index (κ3) is 9.81. The Hall–Kier alpha value is -1.10. The normalized spacial score (nSPS) is 13.0. The van der Waals surface area contributed by atoms with Crippen LogP contribution in [0.1, 0.15) is 41.0 Å². The summed E-state index contributed by atoms with van der Waals surface area (Å²) in [7, 11) is 0. The molecular formula is C12H25N3O2. The molecule has 0 aromatic carbocycles. The summed E-state index contributed by atoms with van der Waals surface area (Å²) in [4.78, 5) is 22.9. The zero-order valence-corrected chi connectivity index (χ0v) is 11.5. The van der Waals surface area contributed by atoms with E-state index in [2.05, 4.69) is 16.0 Å². The third-order valence-electron chi connectivity index (χ3n) is 2.00. The Bertz CT molecular complexity index is 259. The van der Waals surface area contributed by atoms with E-state index in [1.54, 1.807) is 0 Å². The van der Waals surface area contributed by atoms with Gasteiger partial charge in [0.05, 0.1) is 6.54 Å². The molecule has 0 aliphatic carbocycles. The highest BCUT2D eigenvalue weighted by molar-refractivity contribution is 5.85. The fraction of sp³-hybridized carbons (Fsp3) is 0.833. The van der Waals surface area contributed by atoms with E-state index < -0.39 is 0 Å². The molecular weight excluding hydrogens is 218 g/mol. The van der Waals surface area contributed by atoms with Gasteiger partial charge in [-0.3, -0.25) is 9.59 Å². The van der Waals surface area contributed by atoms with E-state index >= 15 is 0 Å². The van der Waals surface area contributed by atoms with Gasteiger partial charge in [0.1, 0.15) is 0 Å². The molecule has 0 aromatic rings. The van der Waals surface area contributed by atoms with Crippen molar-refractivity contribution < 1.29 is 9.59 Å². The summed E-state index contributed by atoms with van der Waals surface area (Å²) in [5.74, 6) is -0.274. The van der Waals surface area contributed by atoms with Gasteiger partial charge in [0.2, 0.25) is 11.8 Å². The van der Waals surface area contributed by atoms with Gasteiger partial charge in [0.25, 0.3) is 0 Å². The van der Waals surface area contributed by atoms with Crippen LogP contribution in [-0.4, -0.2) is 36.5 Å². The van der Waals surface area contributed by atoms with Crippen molar-refractivity contribution in [1.29, 1.82) is 0 Å². The molecule has 1 unspecified atom stereocenters. The predicted octanol–water partition coefficient (Wildman–Crippen LogP) is 0.405. The lowest BCUT2D eigenvalue weighted by Gasteiger charge is -2.20. The maximum atomic E-state index is 11.5. The molecule has 0 saturated heterocycles. The van der Waals surface area contributed by atoms with Gasteiger partial charge in [-0.2, -0.15) is 0 Å². The third-order valence-corrected chi connectivity index (χ3v) is 2.00. The molecule has 0 aliphatic heterocycles. The molecule has 1 atom stereocenters. The summed E-state index contributed by atoms with van der Waals surface area (Å²) in [6.07, 6.45) is 0.386. The number of hydrogen-bond donors (Lipinski definition) is 3. The molecule has 0 spiro atoms. The summed E-state index contributed by atoms with van der Waals surface area (Å²) in [6.45, 7) is 10.5. The van der Waals surface area contributed by atoms with E-state index in [1.807, 2.05) is 34.6 Å². The van der Waals surface area contributed by atoms with Crippen LogP contribution in [0.25, 0.3) is 0 Å². The zero-order valence-electron chi connectivity index (χ0n) is 11.5.